The molecule has 0 spiro atoms. The molecule has 2 aromatic rings. The fraction of sp³-hybridized carbons (Fsp3) is 0.462. The second-order valence-corrected chi connectivity index (χ2v) is 12.3. The first-order valence-electron chi connectivity index (χ1n) is 11.4. The fourth-order valence-electron chi connectivity index (χ4n) is 4.81. The maximum Gasteiger partial charge on any atom is 0.198 e. The molecule has 2 aliphatic rings. The first kappa shape index (κ1) is 24.0. The van der Waals surface area contributed by atoms with Crippen molar-refractivity contribution in [2.45, 2.75) is 56.5 Å². The van der Waals surface area contributed by atoms with Gasteiger partial charge in [-0.15, -0.1) is 0 Å². The molecule has 33 heavy (non-hydrogen) atoms. The summed E-state index contributed by atoms with van der Waals surface area (Å²) in [6.45, 7) is 5.03. The minimum Gasteiger partial charge on any atom is -0.489 e. The van der Waals surface area contributed by atoms with Crippen LogP contribution in [0.3, 0.4) is 0 Å². The first-order valence-corrected chi connectivity index (χ1v) is 13.7. The van der Waals surface area contributed by atoms with E-state index in [0.29, 0.717) is 18.6 Å². The monoisotopic (exact) mass is 472 g/mol. The first-order chi connectivity index (χ1) is 15.5. The van der Waals surface area contributed by atoms with Crippen molar-refractivity contribution in [2.24, 2.45) is 5.92 Å². The van der Waals surface area contributed by atoms with E-state index in [4.69, 9.17) is 9.47 Å². The summed E-state index contributed by atoms with van der Waals surface area (Å²) in [4.78, 5) is 9.68. The Morgan fingerprint density at radius 2 is 1.94 bits per heavy atom. The van der Waals surface area contributed by atoms with Crippen LogP contribution in [0.25, 0.3) is 0 Å². The Morgan fingerprint density at radius 3 is 2.64 bits per heavy atom. The molecule has 0 saturated heterocycles. The normalized spacial score (nSPS) is 27.0. The van der Waals surface area contributed by atoms with Gasteiger partial charge in [0.1, 0.15) is 29.3 Å². The quantitative estimate of drug-likeness (QED) is 0.395. The average Bonchev–Trinajstić information content (AvgIpc) is 3.25. The Bertz CT molecular complexity index is 1040. The highest BCUT2D eigenvalue weighted by Gasteiger charge is 2.49. The summed E-state index contributed by atoms with van der Waals surface area (Å²) in [6.07, 6.45) is 3.16. The third kappa shape index (κ3) is 5.36. The molecule has 4 rings (SSSR count). The van der Waals surface area contributed by atoms with Crippen molar-refractivity contribution in [3.05, 3.63) is 71.8 Å². The average molecular weight is 473 g/mol. The van der Waals surface area contributed by atoms with E-state index in [0.717, 1.165) is 16.9 Å². The van der Waals surface area contributed by atoms with Crippen LogP contribution in [0.2, 0.25) is 0 Å². The Morgan fingerprint density at radius 1 is 1.21 bits per heavy atom. The summed E-state index contributed by atoms with van der Waals surface area (Å²) in [5.41, 5.74) is 1.09. The lowest BCUT2D eigenvalue weighted by Crippen LogP contribution is -2.41. The largest absolute Gasteiger partial charge is 0.489 e. The Kier molecular flexibility index (Phi) is 6.75. The zero-order chi connectivity index (χ0) is 23.8. The lowest BCUT2D eigenvalue weighted by molar-refractivity contribution is -0.00221. The summed E-state index contributed by atoms with van der Waals surface area (Å²) in [5.74, 6) is 1.23. The van der Waals surface area contributed by atoms with Crippen LogP contribution < -0.4 is 9.47 Å². The molecule has 1 heterocycles. The van der Waals surface area contributed by atoms with Crippen molar-refractivity contribution in [3.63, 3.8) is 0 Å². The molecular weight excluding hydrogens is 439 g/mol. The zero-order valence-electron chi connectivity index (χ0n) is 19.3. The molecule has 6 nitrogen and oxygen atoms in total. The minimum atomic E-state index is -3.11. The molecular formula is C26H33O6P. The van der Waals surface area contributed by atoms with Gasteiger partial charge in [-0.3, -0.25) is 4.57 Å². The van der Waals surface area contributed by atoms with E-state index in [9.17, 15) is 19.7 Å². The zero-order valence-corrected chi connectivity index (χ0v) is 20.2. The molecule has 1 aliphatic carbocycles. The van der Waals surface area contributed by atoms with Crippen LogP contribution in [-0.2, 0) is 11.0 Å². The lowest BCUT2D eigenvalue weighted by atomic mass is 9.86. The molecule has 6 atom stereocenters. The number of benzene rings is 2. The fourth-order valence-corrected chi connectivity index (χ4v) is 5.47. The molecule has 2 aromatic carbocycles. The van der Waals surface area contributed by atoms with E-state index in [1.165, 1.54) is 6.66 Å². The van der Waals surface area contributed by atoms with Gasteiger partial charge in [0.05, 0.1) is 6.10 Å². The number of para-hydroxylation sites is 2. The van der Waals surface area contributed by atoms with Crippen LogP contribution in [-0.4, -0.2) is 51.8 Å². The van der Waals surface area contributed by atoms with Crippen molar-refractivity contribution in [2.75, 3.05) is 12.8 Å². The molecule has 0 amide bonds. The van der Waals surface area contributed by atoms with E-state index < -0.39 is 25.2 Å². The standard InChI is InChI=1S/C26H33O6P/c1-26(2,32-18-9-5-4-6-10-18)23(28)13-12-19-21(27)16-22-24(19)20-11-7-8-17(25(20)31-22)14-15-33(3,29)30/h4-13,19,21-24,27-28H,14-16H2,1-3H3,(H,29,30)/b13-12+/t19-,21+,22-,23+,24-/m0/s1. The second kappa shape index (κ2) is 9.27. The molecule has 0 aromatic heterocycles. The van der Waals surface area contributed by atoms with Crippen LogP contribution in [0.5, 0.6) is 11.5 Å². The Hall–Kier alpha value is -2.11. The molecule has 1 fully saturated rings. The van der Waals surface area contributed by atoms with Gasteiger partial charge >= 0.3 is 0 Å². The summed E-state index contributed by atoms with van der Waals surface area (Å²) in [7, 11) is -3.11. The van der Waals surface area contributed by atoms with E-state index >= 15 is 0 Å². The predicted octanol–water partition coefficient (Wildman–Crippen LogP) is 4.13. The number of hydrogen-bond donors (Lipinski definition) is 3. The highest BCUT2D eigenvalue weighted by molar-refractivity contribution is 7.57. The van der Waals surface area contributed by atoms with Gasteiger partial charge in [-0.25, -0.2) is 0 Å². The molecule has 0 bridgehead atoms. The van der Waals surface area contributed by atoms with Crippen molar-refractivity contribution in [1.82, 2.24) is 0 Å². The van der Waals surface area contributed by atoms with Crippen molar-refractivity contribution < 1.29 is 29.1 Å². The Labute approximate surface area is 195 Å². The number of aliphatic hydroxyl groups is 2. The topological polar surface area (TPSA) is 96.2 Å². The summed E-state index contributed by atoms with van der Waals surface area (Å²) < 4.78 is 24.0. The van der Waals surface area contributed by atoms with Gasteiger partial charge in [-0.2, -0.15) is 0 Å². The summed E-state index contributed by atoms with van der Waals surface area (Å²) in [5, 5.41) is 21.6. The number of ether oxygens (including phenoxy) is 2. The van der Waals surface area contributed by atoms with Gasteiger partial charge in [0.2, 0.25) is 0 Å². The number of aryl methyl sites for hydroxylation is 1. The molecule has 1 saturated carbocycles. The molecule has 0 radical (unpaired) electrons. The van der Waals surface area contributed by atoms with E-state index in [2.05, 4.69) is 0 Å². The van der Waals surface area contributed by atoms with Gasteiger partial charge < -0.3 is 24.6 Å². The molecule has 178 valence electrons. The van der Waals surface area contributed by atoms with Gasteiger partial charge in [0.15, 0.2) is 7.37 Å². The third-order valence-corrected chi connectivity index (χ3v) is 7.69. The SMILES string of the molecule is CC(C)(Oc1ccccc1)[C@H](O)/C=C/[C@@H]1[C@H]2c3cccc(CCP(C)(=O)O)c3O[C@H]2C[C@H]1O. The van der Waals surface area contributed by atoms with E-state index in [-0.39, 0.29) is 24.1 Å². The van der Waals surface area contributed by atoms with Gasteiger partial charge in [-0.1, -0.05) is 48.6 Å². The minimum absolute atomic E-state index is 0.0286. The second-order valence-electron chi connectivity index (χ2n) is 9.77. The number of hydrogen-bond acceptors (Lipinski definition) is 5. The molecule has 1 unspecified atom stereocenters. The molecule has 7 heteroatoms. The Balaban J connectivity index is 1.51. The maximum atomic E-state index is 11.8. The number of rotatable bonds is 8. The smallest absolute Gasteiger partial charge is 0.198 e. The third-order valence-electron chi connectivity index (χ3n) is 6.64. The van der Waals surface area contributed by atoms with Crippen molar-refractivity contribution in [3.8, 4) is 11.5 Å². The summed E-state index contributed by atoms with van der Waals surface area (Å²) >= 11 is 0. The van der Waals surface area contributed by atoms with Crippen molar-refractivity contribution in [1.29, 1.82) is 0 Å². The van der Waals surface area contributed by atoms with Gasteiger partial charge in [0, 0.05) is 36.6 Å². The number of aliphatic hydroxyl groups excluding tert-OH is 2. The highest BCUT2D eigenvalue weighted by atomic mass is 31.2. The van der Waals surface area contributed by atoms with E-state index in [1.807, 2.05) is 68.5 Å². The van der Waals surface area contributed by atoms with Crippen LogP contribution in [0.4, 0.5) is 0 Å². The number of fused-ring (bicyclic) bond motifs is 3. The summed E-state index contributed by atoms with van der Waals surface area (Å²) in [6, 6.07) is 15.3. The van der Waals surface area contributed by atoms with Crippen molar-refractivity contribution >= 4 is 7.37 Å². The highest BCUT2D eigenvalue weighted by Crippen LogP contribution is 2.52. The van der Waals surface area contributed by atoms with Gasteiger partial charge in [0.25, 0.3) is 0 Å². The lowest BCUT2D eigenvalue weighted by Gasteiger charge is -2.30. The molecule has 1 aliphatic heterocycles. The van der Waals surface area contributed by atoms with Crippen LogP contribution >= 0.6 is 7.37 Å². The van der Waals surface area contributed by atoms with Crippen LogP contribution in [0, 0.1) is 5.92 Å². The van der Waals surface area contributed by atoms with E-state index in [1.54, 1.807) is 6.08 Å². The van der Waals surface area contributed by atoms with Gasteiger partial charge in [-0.05, 0) is 38.0 Å². The van der Waals surface area contributed by atoms with Crippen LogP contribution in [0.1, 0.15) is 37.3 Å². The molecule has 3 N–H and O–H groups in total. The predicted molar refractivity (Wildman–Crippen MR) is 128 cm³/mol. The van der Waals surface area contributed by atoms with Crippen LogP contribution in [0.15, 0.2) is 60.7 Å². The maximum absolute atomic E-state index is 11.8.